The van der Waals surface area contributed by atoms with Crippen molar-refractivity contribution in [1.29, 1.82) is 0 Å². The Morgan fingerprint density at radius 3 is 2.19 bits per heavy atom. The maximum atomic E-state index is 11.1. The molecule has 0 N–H and O–H groups in total. The molecule has 0 amide bonds. The summed E-state index contributed by atoms with van der Waals surface area (Å²) in [5.41, 5.74) is 1.64. The van der Waals surface area contributed by atoms with Crippen LogP contribution in [0.25, 0.3) is 0 Å². The number of unbranched alkanes of at least 4 members (excludes halogenated alkanes) is 2. The van der Waals surface area contributed by atoms with Crippen LogP contribution < -0.4 is 4.74 Å². The zero-order chi connectivity index (χ0) is 15.8. The van der Waals surface area contributed by atoms with Crippen molar-refractivity contribution in [3.8, 4) is 5.75 Å². The van der Waals surface area contributed by atoms with E-state index in [0.29, 0.717) is 11.3 Å². The Labute approximate surface area is 127 Å². The van der Waals surface area contributed by atoms with Crippen LogP contribution in [0.4, 0.5) is 5.69 Å². The van der Waals surface area contributed by atoms with Crippen molar-refractivity contribution in [3.05, 3.63) is 33.4 Å². The third-order valence-electron chi connectivity index (χ3n) is 3.73. The highest BCUT2D eigenvalue weighted by molar-refractivity contribution is 5.51. The summed E-state index contributed by atoms with van der Waals surface area (Å²) in [6.45, 7) is 7.97. The molecule has 0 spiro atoms. The van der Waals surface area contributed by atoms with Crippen molar-refractivity contribution in [2.45, 2.75) is 72.3 Å². The number of hydrogen-bond acceptors (Lipinski definition) is 3. The van der Waals surface area contributed by atoms with Crippen molar-refractivity contribution in [3.63, 3.8) is 0 Å². The number of nitro benzene ring substituents is 1. The van der Waals surface area contributed by atoms with E-state index in [1.165, 1.54) is 0 Å². The van der Waals surface area contributed by atoms with Gasteiger partial charge in [-0.15, -0.1) is 0 Å². The van der Waals surface area contributed by atoms with Gasteiger partial charge in [-0.05, 0) is 38.3 Å². The quantitative estimate of drug-likeness (QED) is 0.456. The molecule has 0 unspecified atom stereocenters. The van der Waals surface area contributed by atoms with Gasteiger partial charge in [-0.1, -0.05) is 39.5 Å². The maximum absolute atomic E-state index is 11.1. The predicted molar refractivity (Wildman–Crippen MR) is 86.0 cm³/mol. The molecule has 0 heterocycles. The number of nitro groups is 1. The van der Waals surface area contributed by atoms with Crippen LogP contribution in [0.15, 0.2) is 12.1 Å². The summed E-state index contributed by atoms with van der Waals surface area (Å²) >= 11 is 0. The number of hydrogen-bond donors (Lipinski definition) is 0. The summed E-state index contributed by atoms with van der Waals surface area (Å²) in [5.74, 6) is 0.666. The summed E-state index contributed by atoms with van der Waals surface area (Å²) in [4.78, 5) is 10.8. The van der Waals surface area contributed by atoms with Crippen LogP contribution in [0.2, 0.25) is 0 Å². The van der Waals surface area contributed by atoms with E-state index in [1.807, 2.05) is 13.0 Å². The fourth-order valence-electron chi connectivity index (χ4n) is 2.42. The van der Waals surface area contributed by atoms with E-state index in [9.17, 15) is 10.1 Å². The molecule has 1 aromatic carbocycles. The van der Waals surface area contributed by atoms with Gasteiger partial charge in [-0.25, -0.2) is 0 Å². The molecule has 0 bridgehead atoms. The molecule has 118 valence electrons. The zero-order valence-corrected chi connectivity index (χ0v) is 13.6. The SMILES string of the molecule is CCCCC(CCCC)Oc1cc(C)cc([N+](=O)[O-])c1C. The molecule has 0 saturated heterocycles. The highest BCUT2D eigenvalue weighted by atomic mass is 16.6. The fourth-order valence-corrected chi connectivity index (χ4v) is 2.42. The Bertz CT molecular complexity index is 463. The van der Waals surface area contributed by atoms with E-state index in [4.69, 9.17) is 4.74 Å². The average molecular weight is 293 g/mol. The summed E-state index contributed by atoms with van der Waals surface area (Å²) in [7, 11) is 0. The summed E-state index contributed by atoms with van der Waals surface area (Å²) < 4.78 is 6.12. The van der Waals surface area contributed by atoms with E-state index < -0.39 is 0 Å². The lowest BCUT2D eigenvalue weighted by molar-refractivity contribution is -0.385. The highest BCUT2D eigenvalue weighted by Gasteiger charge is 2.18. The fraction of sp³-hybridized carbons (Fsp3) is 0.647. The summed E-state index contributed by atoms with van der Waals surface area (Å²) in [5, 5.41) is 11.1. The molecule has 0 radical (unpaired) electrons. The zero-order valence-electron chi connectivity index (χ0n) is 13.6. The third kappa shape index (κ3) is 5.37. The molecule has 1 aromatic rings. The standard InChI is InChI=1S/C17H27NO3/c1-5-7-9-15(10-8-6-2)21-17-12-13(3)11-16(14(17)4)18(19)20/h11-12,15H,5-10H2,1-4H3. The van der Waals surface area contributed by atoms with Crippen LogP contribution in [0.5, 0.6) is 5.75 Å². The molecule has 0 aliphatic carbocycles. The van der Waals surface area contributed by atoms with Crippen LogP contribution in [0.1, 0.15) is 63.5 Å². The Hall–Kier alpha value is -1.58. The predicted octanol–water partition coefficient (Wildman–Crippen LogP) is 5.34. The summed E-state index contributed by atoms with van der Waals surface area (Å²) in [6, 6.07) is 3.52. The third-order valence-corrected chi connectivity index (χ3v) is 3.73. The van der Waals surface area contributed by atoms with Gasteiger partial charge in [-0.2, -0.15) is 0 Å². The van der Waals surface area contributed by atoms with Crippen molar-refractivity contribution in [2.75, 3.05) is 0 Å². The first-order chi connectivity index (χ1) is 9.99. The second-order valence-electron chi connectivity index (χ2n) is 5.69. The smallest absolute Gasteiger partial charge is 0.276 e. The Balaban J connectivity index is 2.93. The molecule has 0 aromatic heterocycles. The van der Waals surface area contributed by atoms with Crippen LogP contribution in [-0.4, -0.2) is 11.0 Å². The number of rotatable bonds is 9. The number of ether oxygens (including phenoxy) is 1. The molecule has 1 rings (SSSR count). The average Bonchev–Trinajstić information content (AvgIpc) is 2.44. The number of benzene rings is 1. The minimum absolute atomic E-state index is 0.148. The molecule has 4 nitrogen and oxygen atoms in total. The van der Waals surface area contributed by atoms with Gasteiger partial charge in [0.25, 0.3) is 5.69 Å². The highest BCUT2D eigenvalue weighted by Crippen LogP contribution is 2.31. The first kappa shape index (κ1) is 17.5. The van der Waals surface area contributed by atoms with Gasteiger partial charge in [0.1, 0.15) is 5.75 Å². The molecule has 0 atom stereocenters. The summed E-state index contributed by atoms with van der Waals surface area (Å²) in [6.07, 6.45) is 6.71. The Kier molecular flexibility index (Phi) is 7.20. The lowest BCUT2D eigenvalue weighted by atomic mass is 10.1. The largest absolute Gasteiger partial charge is 0.490 e. The van der Waals surface area contributed by atoms with Crippen molar-refractivity contribution < 1.29 is 9.66 Å². The molecule has 0 saturated carbocycles. The Morgan fingerprint density at radius 1 is 1.14 bits per heavy atom. The van der Waals surface area contributed by atoms with Gasteiger partial charge in [0.2, 0.25) is 0 Å². The lowest BCUT2D eigenvalue weighted by Gasteiger charge is -2.20. The Morgan fingerprint density at radius 2 is 1.71 bits per heavy atom. The number of aryl methyl sites for hydroxylation is 1. The van der Waals surface area contributed by atoms with Crippen LogP contribution >= 0.6 is 0 Å². The molecule has 0 aliphatic rings. The van der Waals surface area contributed by atoms with E-state index in [1.54, 1.807) is 13.0 Å². The van der Waals surface area contributed by atoms with E-state index in [0.717, 1.165) is 44.1 Å². The van der Waals surface area contributed by atoms with Crippen molar-refractivity contribution in [1.82, 2.24) is 0 Å². The monoisotopic (exact) mass is 293 g/mol. The molecule has 0 fully saturated rings. The van der Waals surface area contributed by atoms with Crippen molar-refractivity contribution >= 4 is 5.69 Å². The normalized spacial score (nSPS) is 10.9. The molecular formula is C17H27NO3. The first-order valence-corrected chi connectivity index (χ1v) is 7.91. The minimum atomic E-state index is -0.331. The van der Waals surface area contributed by atoms with Gasteiger partial charge in [0.15, 0.2) is 0 Å². The van der Waals surface area contributed by atoms with Gasteiger partial charge in [0, 0.05) is 6.07 Å². The van der Waals surface area contributed by atoms with Gasteiger partial charge < -0.3 is 4.74 Å². The van der Waals surface area contributed by atoms with E-state index in [-0.39, 0.29) is 16.7 Å². The molecular weight excluding hydrogens is 266 g/mol. The first-order valence-electron chi connectivity index (χ1n) is 7.91. The van der Waals surface area contributed by atoms with Crippen LogP contribution in [0.3, 0.4) is 0 Å². The molecule has 0 aliphatic heterocycles. The van der Waals surface area contributed by atoms with Crippen LogP contribution in [-0.2, 0) is 0 Å². The van der Waals surface area contributed by atoms with Gasteiger partial charge in [-0.3, -0.25) is 10.1 Å². The van der Waals surface area contributed by atoms with E-state index >= 15 is 0 Å². The van der Waals surface area contributed by atoms with Crippen molar-refractivity contribution in [2.24, 2.45) is 0 Å². The van der Waals surface area contributed by atoms with E-state index in [2.05, 4.69) is 13.8 Å². The number of nitrogens with zero attached hydrogens (tertiary/aromatic N) is 1. The second-order valence-corrected chi connectivity index (χ2v) is 5.69. The molecule has 4 heteroatoms. The topological polar surface area (TPSA) is 52.4 Å². The minimum Gasteiger partial charge on any atom is -0.490 e. The van der Waals surface area contributed by atoms with Gasteiger partial charge in [0.05, 0.1) is 16.6 Å². The molecule has 21 heavy (non-hydrogen) atoms. The lowest BCUT2D eigenvalue weighted by Crippen LogP contribution is -2.17. The second kappa shape index (κ2) is 8.65. The van der Waals surface area contributed by atoms with Gasteiger partial charge >= 0.3 is 0 Å². The maximum Gasteiger partial charge on any atom is 0.276 e. The van der Waals surface area contributed by atoms with Crippen LogP contribution in [0, 0.1) is 24.0 Å².